The molecular weight excluding hydrogens is 173 g/mol. The summed E-state index contributed by atoms with van der Waals surface area (Å²) in [6, 6.07) is 0. The molecule has 0 aromatic heterocycles. The van der Waals surface area contributed by atoms with Gasteiger partial charge in [0.05, 0.1) is 0 Å². The van der Waals surface area contributed by atoms with Crippen molar-refractivity contribution in [3.8, 4) is 0 Å². The first-order chi connectivity index (χ1) is 4.30. The Morgan fingerprint density at radius 2 is 1.70 bits per heavy atom. The van der Waals surface area contributed by atoms with E-state index in [0.29, 0.717) is 0 Å². The first-order valence-corrected chi connectivity index (χ1v) is 4.14. The first-order valence-electron chi connectivity index (χ1n) is 3.28. The van der Waals surface area contributed by atoms with E-state index in [1.54, 1.807) is 0 Å². The summed E-state index contributed by atoms with van der Waals surface area (Å²) in [6.07, 6.45) is 3.91. The van der Waals surface area contributed by atoms with E-state index >= 15 is 0 Å². The minimum atomic E-state index is 0. The average molecular weight is 184 g/mol. The fourth-order valence-corrected chi connectivity index (χ4v) is 1.47. The molecule has 52 valence electrons. The second kappa shape index (κ2) is 5.84. The van der Waals surface area contributed by atoms with Gasteiger partial charge in [0.15, 0.2) is 0 Å². The summed E-state index contributed by atoms with van der Waals surface area (Å²) in [7, 11) is 0. The van der Waals surface area contributed by atoms with Crippen LogP contribution in [-0.4, -0.2) is 22.3 Å². The summed E-state index contributed by atoms with van der Waals surface area (Å²) in [5.41, 5.74) is 0. The summed E-state index contributed by atoms with van der Waals surface area (Å²) in [5, 5.41) is 0. The zero-order chi connectivity index (χ0) is 6.69. The number of hydrogen-bond acceptors (Lipinski definition) is 1. The van der Waals surface area contributed by atoms with Crippen molar-refractivity contribution in [1.82, 2.24) is 4.90 Å². The Balaban J connectivity index is 0.000000810. The van der Waals surface area contributed by atoms with E-state index in [0.717, 1.165) is 17.4 Å². The maximum absolute atomic E-state index is 4.91. The Kier molecular flexibility index (Phi) is 6.56. The van der Waals surface area contributed by atoms with Crippen molar-refractivity contribution in [3.63, 3.8) is 0 Å². The van der Waals surface area contributed by atoms with Crippen LogP contribution in [0.25, 0.3) is 0 Å². The van der Waals surface area contributed by atoms with Crippen LogP contribution in [0.15, 0.2) is 0 Å². The first kappa shape index (κ1) is 11.2. The van der Waals surface area contributed by atoms with E-state index in [9.17, 15) is 0 Å². The van der Waals surface area contributed by atoms with Gasteiger partial charge in [-0.25, -0.2) is 0 Å². The molecular formula is C6H11NNaS2+. The molecule has 0 radical (unpaired) electrons. The molecule has 0 aliphatic carbocycles. The molecule has 1 saturated heterocycles. The van der Waals surface area contributed by atoms with Crippen molar-refractivity contribution in [1.29, 1.82) is 0 Å². The summed E-state index contributed by atoms with van der Waals surface area (Å²) in [4.78, 5) is 2.15. The summed E-state index contributed by atoms with van der Waals surface area (Å²) in [5.74, 6) is 0. The Bertz CT molecular complexity index is 112. The van der Waals surface area contributed by atoms with Crippen molar-refractivity contribution in [2.45, 2.75) is 19.3 Å². The van der Waals surface area contributed by atoms with E-state index in [1.807, 2.05) is 0 Å². The van der Waals surface area contributed by atoms with Crippen LogP contribution in [0.4, 0.5) is 0 Å². The molecule has 1 fully saturated rings. The predicted molar refractivity (Wildman–Crippen MR) is 47.0 cm³/mol. The average Bonchev–Trinajstić information content (AvgIpc) is 1.90. The standard InChI is InChI=1S/C6H11NS2.Na/c8-6(9)7-4-2-1-3-5-7;/h1-5H2,(H,8,9);/q;+1. The van der Waals surface area contributed by atoms with Crippen LogP contribution >= 0.6 is 24.8 Å². The van der Waals surface area contributed by atoms with Gasteiger partial charge < -0.3 is 4.90 Å². The maximum atomic E-state index is 4.91. The molecule has 1 rings (SSSR count). The topological polar surface area (TPSA) is 3.24 Å². The molecule has 0 bridgehead atoms. The number of rotatable bonds is 0. The number of nitrogens with zero attached hydrogens (tertiary/aromatic N) is 1. The van der Waals surface area contributed by atoms with Crippen LogP contribution in [0, 0.1) is 0 Å². The third kappa shape index (κ3) is 3.58. The predicted octanol–water partition coefficient (Wildman–Crippen LogP) is -1.31. The second-order valence-electron chi connectivity index (χ2n) is 2.33. The third-order valence-corrected chi connectivity index (χ3v) is 2.17. The molecule has 4 heteroatoms. The van der Waals surface area contributed by atoms with Crippen molar-refractivity contribution < 1.29 is 29.6 Å². The van der Waals surface area contributed by atoms with E-state index < -0.39 is 0 Å². The van der Waals surface area contributed by atoms with Crippen molar-refractivity contribution in [2.75, 3.05) is 13.1 Å². The summed E-state index contributed by atoms with van der Waals surface area (Å²) >= 11 is 9.00. The van der Waals surface area contributed by atoms with E-state index in [4.69, 9.17) is 12.2 Å². The smallest absolute Gasteiger partial charge is 0.358 e. The monoisotopic (exact) mass is 184 g/mol. The number of likely N-dealkylation sites (tertiary alicyclic amines) is 1. The van der Waals surface area contributed by atoms with E-state index in [-0.39, 0.29) is 29.6 Å². The number of piperidine rings is 1. The summed E-state index contributed by atoms with van der Waals surface area (Å²) in [6.45, 7) is 2.23. The molecule has 1 nitrogen and oxygen atoms in total. The van der Waals surface area contributed by atoms with Gasteiger partial charge in [0, 0.05) is 13.1 Å². The molecule has 1 aliphatic rings. The minimum Gasteiger partial charge on any atom is -0.358 e. The largest absolute Gasteiger partial charge is 1.00 e. The molecule has 0 aromatic rings. The quantitative estimate of drug-likeness (QED) is 0.283. The van der Waals surface area contributed by atoms with Gasteiger partial charge in [0.1, 0.15) is 4.32 Å². The Hall–Kier alpha value is 1.24. The Morgan fingerprint density at radius 1 is 1.20 bits per heavy atom. The van der Waals surface area contributed by atoms with Crippen LogP contribution in [0.5, 0.6) is 0 Å². The molecule has 1 aliphatic heterocycles. The zero-order valence-corrected chi connectivity index (χ0v) is 10.0. The minimum absolute atomic E-state index is 0. The number of thiocarbonyl (C=S) groups is 1. The molecule has 0 aromatic carbocycles. The number of hydrogen-bond donors (Lipinski definition) is 1. The fraction of sp³-hybridized carbons (Fsp3) is 0.833. The van der Waals surface area contributed by atoms with Crippen molar-refractivity contribution >= 4 is 29.2 Å². The van der Waals surface area contributed by atoms with E-state index in [1.165, 1.54) is 19.3 Å². The fourth-order valence-electron chi connectivity index (χ4n) is 1.09. The third-order valence-electron chi connectivity index (χ3n) is 1.63. The molecule has 0 amide bonds. The van der Waals surface area contributed by atoms with Crippen LogP contribution in [0.2, 0.25) is 0 Å². The SMILES string of the molecule is S=C(S)N1CCCCC1.[Na+]. The van der Waals surface area contributed by atoms with Gasteiger partial charge in [-0.1, -0.05) is 12.2 Å². The van der Waals surface area contributed by atoms with Gasteiger partial charge in [-0.2, -0.15) is 0 Å². The second-order valence-corrected chi connectivity index (χ2v) is 3.44. The molecule has 0 spiro atoms. The molecule has 10 heavy (non-hydrogen) atoms. The summed E-state index contributed by atoms with van der Waals surface area (Å²) < 4.78 is 0.759. The van der Waals surface area contributed by atoms with Crippen LogP contribution in [0.1, 0.15) is 19.3 Å². The van der Waals surface area contributed by atoms with Gasteiger partial charge in [-0.3, -0.25) is 0 Å². The van der Waals surface area contributed by atoms with Crippen molar-refractivity contribution in [2.24, 2.45) is 0 Å². The zero-order valence-electron chi connectivity index (χ0n) is 6.34. The van der Waals surface area contributed by atoms with Gasteiger partial charge in [0.2, 0.25) is 0 Å². The van der Waals surface area contributed by atoms with Crippen LogP contribution < -0.4 is 29.6 Å². The maximum Gasteiger partial charge on any atom is 1.00 e. The van der Waals surface area contributed by atoms with Gasteiger partial charge in [0.25, 0.3) is 0 Å². The Morgan fingerprint density at radius 3 is 2.00 bits per heavy atom. The van der Waals surface area contributed by atoms with Crippen molar-refractivity contribution in [3.05, 3.63) is 0 Å². The van der Waals surface area contributed by atoms with E-state index in [2.05, 4.69) is 17.5 Å². The molecule has 0 unspecified atom stereocenters. The normalized spacial score (nSPS) is 17.9. The molecule has 0 atom stereocenters. The molecule has 1 heterocycles. The van der Waals surface area contributed by atoms with Gasteiger partial charge in [-0.15, -0.1) is 12.6 Å². The van der Waals surface area contributed by atoms with Crippen LogP contribution in [0.3, 0.4) is 0 Å². The number of thiol groups is 1. The molecule has 0 saturated carbocycles. The Labute approximate surface area is 95.2 Å². The van der Waals surface area contributed by atoms with Crippen LogP contribution in [-0.2, 0) is 0 Å². The van der Waals surface area contributed by atoms with Gasteiger partial charge >= 0.3 is 29.6 Å². The van der Waals surface area contributed by atoms with Gasteiger partial charge in [-0.05, 0) is 19.3 Å². The molecule has 0 N–H and O–H groups in total.